The fraction of sp³-hybridized carbons (Fsp3) is 0.625. The maximum atomic E-state index is 12.6. The van der Waals surface area contributed by atoms with Gasteiger partial charge in [0, 0.05) is 32.4 Å². The zero-order valence-corrected chi connectivity index (χ0v) is 15.2. The number of carbonyl (C=O) groups is 2. The maximum Gasteiger partial charge on any atom is 0.355 e. The molecule has 1 unspecified atom stereocenters. The highest BCUT2D eigenvalue weighted by atomic mass is 32.2. The fourth-order valence-corrected chi connectivity index (χ4v) is 4.37. The van der Waals surface area contributed by atoms with Crippen molar-refractivity contribution in [2.75, 3.05) is 13.1 Å². The number of hydrogen-bond acceptors (Lipinski definition) is 5. The van der Waals surface area contributed by atoms with Crippen LogP contribution < -0.4 is 5.32 Å². The number of aryl methyl sites for hydroxylation is 1. The van der Waals surface area contributed by atoms with Crippen LogP contribution in [0, 0.1) is 0 Å². The largest absolute Gasteiger partial charge is 0.448 e. The third-order valence-corrected chi connectivity index (χ3v) is 6.33. The second-order valence-corrected chi connectivity index (χ2v) is 8.55. The van der Waals surface area contributed by atoms with Crippen LogP contribution in [0.4, 0.5) is 0 Å². The van der Waals surface area contributed by atoms with Crippen LogP contribution in [-0.2, 0) is 26.6 Å². The van der Waals surface area contributed by atoms with Gasteiger partial charge in [-0.15, -0.1) is 0 Å². The molecule has 2 aliphatic rings. The summed E-state index contributed by atoms with van der Waals surface area (Å²) < 4.78 is 33.2. The van der Waals surface area contributed by atoms with Crippen LogP contribution in [0.3, 0.4) is 0 Å². The summed E-state index contributed by atoms with van der Waals surface area (Å²) >= 11 is 0. The lowest BCUT2D eigenvalue weighted by Crippen LogP contribution is -2.37. The van der Waals surface area contributed by atoms with Crippen molar-refractivity contribution in [2.24, 2.45) is 7.05 Å². The number of esters is 1. The van der Waals surface area contributed by atoms with Crippen molar-refractivity contribution in [1.29, 1.82) is 0 Å². The van der Waals surface area contributed by atoms with Gasteiger partial charge in [-0.05, 0) is 38.7 Å². The second-order valence-electron chi connectivity index (χ2n) is 6.61. The lowest BCUT2D eigenvalue weighted by molar-refractivity contribution is -0.129. The predicted octanol–water partition coefficient (Wildman–Crippen LogP) is 0.633. The Morgan fingerprint density at radius 1 is 1.28 bits per heavy atom. The monoisotopic (exact) mass is 369 g/mol. The Morgan fingerprint density at radius 3 is 2.52 bits per heavy atom. The van der Waals surface area contributed by atoms with Crippen molar-refractivity contribution in [3.05, 3.63) is 18.0 Å². The molecule has 1 saturated carbocycles. The molecule has 138 valence electrons. The second kappa shape index (κ2) is 6.80. The molecule has 1 atom stereocenters. The highest BCUT2D eigenvalue weighted by Gasteiger charge is 2.31. The summed E-state index contributed by atoms with van der Waals surface area (Å²) in [7, 11) is -2.02. The van der Waals surface area contributed by atoms with Crippen LogP contribution in [0.25, 0.3) is 0 Å². The molecule has 0 aromatic carbocycles. The SMILES string of the molecule is CC(OC(=O)c1cc(S(=O)(=O)N2CCCC2)cn1C)C(=O)NC1CC1. The number of aromatic nitrogens is 1. The Labute approximate surface area is 147 Å². The zero-order valence-electron chi connectivity index (χ0n) is 14.4. The molecule has 3 rings (SSSR count). The summed E-state index contributed by atoms with van der Waals surface area (Å²) in [4.78, 5) is 24.3. The number of rotatable bonds is 6. The van der Waals surface area contributed by atoms with Gasteiger partial charge in [0.25, 0.3) is 5.91 Å². The lowest BCUT2D eigenvalue weighted by atomic mass is 10.3. The van der Waals surface area contributed by atoms with E-state index in [1.807, 2.05) is 0 Å². The molecule has 0 bridgehead atoms. The Balaban J connectivity index is 1.70. The molecular formula is C16H23N3O5S. The van der Waals surface area contributed by atoms with Gasteiger partial charge in [-0.2, -0.15) is 4.31 Å². The topological polar surface area (TPSA) is 97.7 Å². The van der Waals surface area contributed by atoms with E-state index < -0.39 is 22.1 Å². The standard InChI is InChI=1S/C16H23N3O5S/c1-11(15(20)17-12-5-6-12)24-16(21)14-9-13(10-18(14)2)25(22,23)19-7-3-4-8-19/h9-12H,3-8H2,1-2H3,(H,17,20). The van der Waals surface area contributed by atoms with E-state index in [4.69, 9.17) is 4.74 Å². The summed E-state index contributed by atoms with van der Waals surface area (Å²) in [6.45, 7) is 2.49. The highest BCUT2D eigenvalue weighted by molar-refractivity contribution is 7.89. The molecule has 2 fully saturated rings. The molecule has 1 amide bonds. The quantitative estimate of drug-likeness (QED) is 0.742. The smallest absolute Gasteiger partial charge is 0.355 e. The number of ether oxygens (including phenoxy) is 1. The Hall–Kier alpha value is -1.87. The molecule has 25 heavy (non-hydrogen) atoms. The number of sulfonamides is 1. The number of nitrogens with zero attached hydrogens (tertiary/aromatic N) is 2. The normalized spacial score (nSPS) is 19.6. The van der Waals surface area contributed by atoms with E-state index in [9.17, 15) is 18.0 Å². The van der Waals surface area contributed by atoms with E-state index >= 15 is 0 Å². The molecule has 1 aromatic rings. The molecule has 9 heteroatoms. The van der Waals surface area contributed by atoms with Crippen LogP contribution in [0.15, 0.2) is 17.2 Å². The van der Waals surface area contributed by atoms with Crippen molar-refractivity contribution in [3.8, 4) is 0 Å². The molecule has 0 radical (unpaired) electrons. The first-order chi connectivity index (χ1) is 11.8. The van der Waals surface area contributed by atoms with E-state index in [0.29, 0.717) is 13.1 Å². The van der Waals surface area contributed by atoms with E-state index in [2.05, 4.69) is 5.32 Å². The molecule has 2 heterocycles. The fourth-order valence-electron chi connectivity index (χ4n) is 2.78. The maximum absolute atomic E-state index is 12.6. The lowest BCUT2D eigenvalue weighted by Gasteiger charge is -2.13. The van der Waals surface area contributed by atoms with Crippen molar-refractivity contribution < 1.29 is 22.7 Å². The Morgan fingerprint density at radius 2 is 1.92 bits per heavy atom. The van der Waals surface area contributed by atoms with Gasteiger partial charge in [0.15, 0.2) is 6.10 Å². The average molecular weight is 369 g/mol. The number of carbonyl (C=O) groups excluding carboxylic acids is 2. The van der Waals surface area contributed by atoms with Gasteiger partial charge in [-0.25, -0.2) is 13.2 Å². The van der Waals surface area contributed by atoms with Gasteiger partial charge in [0.1, 0.15) is 10.6 Å². The minimum Gasteiger partial charge on any atom is -0.448 e. The van der Waals surface area contributed by atoms with Gasteiger partial charge >= 0.3 is 5.97 Å². The summed E-state index contributed by atoms with van der Waals surface area (Å²) in [5.41, 5.74) is 0.101. The van der Waals surface area contributed by atoms with Crippen LogP contribution in [0.2, 0.25) is 0 Å². The van der Waals surface area contributed by atoms with Crippen LogP contribution in [0.1, 0.15) is 43.1 Å². The minimum atomic E-state index is -3.60. The van der Waals surface area contributed by atoms with Crippen molar-refractivity contribution in [2.45, 2.75) is 49.6 Å². The predicted molar refractivity (Wildman–Crippen MR) is 89.4 cm³/mol. The summed E-state index contributed by atoms with van der Waals surface area (Å²) in [6, 6.07) is 1.49. The van der Waals surface area contributed by atoms with Crippen molar-refractivity contribution in [3.63, 3.8) is 0 Å². The molecule has 1 aliphatic carbocycles. The van der Waals surface area contributed by atoms with Gasteiger partial charge in [0.2, 0.25) is 10.0 Å². The summed E-state index contributed by atoms with van der Waals surface area (Å²) in [6.07, 6.45) is 4.05. The number of hydrogen-bond donors (Lipinski definition) is 1. The van der Waals surface area contributed by atoms with Gasteiger partial charge < -0.3 is 14.6 Å². The van der Waals surface area contributed by atoms with Crippen molar-refractivity contribution in [1.82, 2.24) is 14.2 Å². The molecule has 0 spiro atoms. The molecular weight excluding hydrogens is 346 g/mol. The third-order valence-electron chi connectivity index (χ3n) is 4.47. The molecule has 1 aliphatic heterocycles. The van der Waals surface area contributed by atoms with E-state index in [1.165, 1.54) is 28.1 Å². The van der Waals surface area contributed by atoms with Crippen molar-refractivity contribution >= 4 is 21.9 Å². The van der Waals surface area contributed by atoms with Crippen LogP contribution >= 0.6 is 0 Å². The first-order valence-electron chi connectivity index (χ1n) is 8.47. The highest BCUT2D eigenvalue weighted by Crippen LogP contribution is 2.23. The van der Waals surface area contributed by atoms with E-state index in [0.717, 1.165) is 25.7 Å². The number of nitrogens with one attached hydrogen (secondary N) is 1. The summed E-state index contributed by atoms with van der Waals surface area (Å²) in [5.74, 6) is -1.06. The first-order valence-corrected chi connectivity index (χ1v) is 9.91. The molecule has 8 nitrogen and oxygen atoms in total. The van der Waals surface area contributed by atoms with Gasteiger partial charge in [0.05, 0.1) is 0 Å². The van der Waals surface area contributed by atoms with Gasteiger partial charge in [-0.1, -0.05) is 0 Å². The van der Waals surface area contributed by atoms with Crippen LogP contribution in [0.5, 0.6) is 0 Å². The average Bonchev–Trinajstić information content (AvgIpc) is 3.03. The Kier molecular flexibility index (Phi) is 4.88. The van der Waals surface area contributed by atoms with E-state index in [1.54, 1.807) is 7.05 Å². The molecule has 1 saturated heterocycles. The summed E-state index contributed by atoms with van der Waals surface area (Å²) in [5, 5.41) is 2.77. The van der Waals surface area contributed by atoms with E-state index in [-0.39, 0.29) is 22.5 Å². The first kappa shape index (κ1) is 17.9. The van der Waals surface area contributed by atoms with Crippen LogP contribution in [-0.4, -0.2) is 54.4 Å². The third kappa shape index (κ3) is 3.87. The molecule has 1 N–H and O–H groups in total. The van der Waals surface area contributed by atoms with Gasteiger partial charge in [-0.3, -0.25) is 4.79 Å². The number of amides is 1. The molecule has 1 aromatic heterocycles. The zero-order chi connectivity index (χ0) is 18.2. The minimum absolute atomic E-state index is 0.0685. The Bertz CT molecular complexity index is 776.